The monoisotopic (exact) mass is 432 g/mol. The van der Waals surface area contributed by atoms with Crippen LogP contribution in [0.2, 0.25) is 0 Å². The SMILES string of the molecule is C[C@]12CCC3C(C1C1C[C@@H]1[C@@]2(O)CCC1OCCO1)[C@H]1C[C@H]1[C@]1(O)C[C@@H](O)CC[C@]31C. The molecule has 0 aromatic heterocycles. The fraction of sp³-hybridized carbons (Fsp3) is 1.00. The highest BCUT2D eigenvalue weighted by molar-refractivity contribution is 5.29. The maximum absolute atomic E-state index is 12.2. The number of aliphatic hydroxyl groups excluding tert-OH is 1. The van der Waals surface area contributed by atoms with Crippen molar-refractivity contribution in [1.82, 2.24) is 0 Å². The van der Waals surface area contributed by atoms with Crippen LogP contribution in [0.15, 0.2) is 0 Å². The van der Waals surface area contributed by atoms with Gasteiger partial charge in [-0.25, -0.2) is 0 Å². The van der Waals surface area contributed by atoms with Gasteiger partial charge in [-0.15, -0.1) is 0 Å². The van der Waals surface area contributed by atoms with Crippen LogP contribution in [0.25, 0.3) is 0 Å². The van der Waals surface area contributed by atoms with E-state index in [-0.39, 0.29) is 23.2 Å². The van der Waals surface area contributed by atoms with Crippen molar-refractivity contribution < 1.29 is 24.8 Å². The van der Waals surface area contributed by atoms with Crippen molar-refractivity contribution in [3.63, 3.8) is 0 Å². The predicted molar refractivity (Wildman–Crippen MR) is 114 cm³/mol. The van der Waals surface area contributed by atoms with Crippen molar-refractivity contribution in [3.05, 3.63) is 0 Å². The molecule has 5 heteroatoms. The molecule has 0 amide bonds. The molecule has 3 N–H and O–H groups in total. The molecular weight excluding hydrogens is 392 g/mol. The average molecular weight is 433 g/mol. The largest absolute Gasteiger partial charge is 0.393 e. The summed E-state index contributed by atoms with van der Waals surface area (Å²) >= 11 is 0. The Bertz CT molecular complexity index is 782. The molecule has 6 saturated carbocycles. The minimum atomic E-state index is -0.681. The summed E-state index contributed by atoms with van der Waals surface area (Å²) < 4.78 is 11.4. The number of ether oxygens (including phenoxy) is 2. The third kappa shape index (κ3) is 2.31. The molecule has 0 aromatic carbocycles. The van der Waals surface area contributed by atoms with E-state index in [0.29, 0.717) is 61.1 Å². The van der Waals surface area contributed by atoms with Crippen molar-refractivity contribution in [2.45, 2.75) is 95.2 Å². The Morgan fingerprint density at radius 2 is 1.58 bits per heavy atom. The van der Waals surface area contributed by atoms with Crippen LogP contribution in [0.1, 0.15) is 71.6 Å². The number of hydrogen-bond acceptors (Lipinski definition) is 5. The summed E-state index contributed by atoms with van der Waals surface area (Å²) in [6.07, 6.45) is 7.99. The van der Waals surface area contributed by atoms with Crippen LogP contribution < -0.4 is 0 Å². The summed E-state index contributed by atoms with van der Waals surface area (Å²) in [5, 5.41) is 34.5. The lowest BCUT2D eigenvalue weighted by atomic mass is 9.42. The van der Waals surface area contributed by atoms with Crippen molar-refractivity contribution in [2.75, 3.05) is 13.2 Å². The minimum Gasteiger partial charge on any atom is -0.393 e. The summed E-state index contributed by atoms with van der Waals surface area (Å²) in [5.41, 5.74) is -1.37. The van der Waals surface area contributed by atoms with E-state index in [4.69, 9.17) is 9.47 Å². The Morgan fingerprint density at radius 1 is 0.871 bits per heavy atom. The Labute approximate surface area is 185 Å². The fourth-order valence-corrected chi connectivity index (χ4v) is 10.7. The number of rotatable bonds is 3. The smallest absolute Gasteiger partial charge is 0.157 e. The Morgan fingerprint density at radius 3 is 2.35 bits per heavy atom. The standard InChI is InChI=1S/C26H40O5/c1-23-6-3-14(27)13-26(23,29)18-11-15(18)21-17(23)4-7-24(2)22(21)16-12-19(16)25(24,28)8-5-20-30-9-10-31-20/h14-22,27-29H,3-13H2,1-2H3/t14-,15-,16?,17?,18+,19-,21?,22?,23+,24-,25-,26+/m0/s1. The van der Waals surface area contributed by atoms with Gasteiger partial charge in [-0.1, -0.05) is 13.8 Å². The van der Waals surface area contributed by atoms with Gasteiger partial charge in [0.2, 0.25) is 0 Å². The average Bonchev–Trinajstić information content (AvgIpc) is 3.63. The van der Waals surface area contributed by atoms with Gasteiger partial charge in [-0.3, -0.25) is 0 Å². The van der Waals surface area contributed by atoms with Crippen LogP contribution in [0.5, 0.6) is 0 Å². The lowest BCUT2D eigenvalue weighted by Crippen LogP contribution is -2.65. The lowest BCUT2D eigenvalue weighted by Gasteiger charge is -2.64. The molecule has 1 heterocycles. The summed E-state index contributed by atoms with van der Waals surface area (Å²) in [4.78, 5) is 0. The molecule has 0 bridgehead atoms. The van der Waals surface area contributed by atoms with E-state index in [9.17, 15) is 15.3 Å². The molecule has 7 aliphatic rings. The maximum Gasteiger partial charge on any atom is 0.157 e. The zero-order valence-electron chi connectivity index (χ0n) is 19.1. The summed E-state index contributed by atoms with van der Waals surface area (Å²) in [6, 6.07) is 0. The van der Waals surface area contributed by atoms with Gasteiger partial charge in [0.1, 0.15) is 0 Å². The van der Waals surface area contributed by atoms with Gasteiger partial charge in [-0.2, -0.15) is 0 Å². The maximum atomic E-state index is 12.2. The van der Waals surface area contributed by atoms with Gasteiger partial charge in [0.25, 0.3) is 0 Å². The highest BCUT2D eigenvalue weighted by Crippen LogP contribution is 2.82. The summed E-state index contributed by atoms with van der Waals surface area (Å²) in [6.45, 7) is 6.12. The molecule has 1 aliphatic heterocycles. The van der Waals surface area contributed by atoms with E-state index < -0.39 is 11.2 Å². The van der Waals surface area contributed by atoms with Gasteiger partial charge in [0.05, 0.1) is 30.5 Å². The van der Waals surface area contributed by atoms with Crippen LogP contribution in [0.3, 0.4) is 0 Å². The molecule has 0 radical (unpaired) electrons. The topological polar surface area (TPSA) is 79.2 Å². The molecule has 1 saturated heterocycles. The zero-order valence-corrected chi connectivity index (χ0v) is 19.1. The van der Waals surface area contributed by atoms with Gasteiger partial charge >= 0.3 is 0 Å². The van der Waals surface area contributed by atoms with E-state index in [1.165, 1.54) is 6.42 Å². The Hall–Kier alpha value is -0.200. The first-order valence-electron chi connectivity index (χ1n) is 13.1. The molecule has 0 aromatic rings. The quantitative estimate of drug-likeness (QED) is 0.639. The fourth-order valence-electron chi connectivity index (χ4n) is 10.7. The van der Waals surface area contributed by atoms with E-state index in [2.05, 4.69) is 13.8 Å². The van der Waals surface area contributed by atoms with Crippen molar-refractivity contribution in [3.8, 4) is 0 Å². The van der Waals surface area contributed by atoms with Gasteiger partial charge < -0.3 is 24.8 Å². The number of aliphatic hydroxyl groups is 3. The molecule has 4 unspecified atom stereocenters. The highest BCUT2D eigenvalue weighted by Gasteiger charge is 2.81. The van der Waals surface area contributed by atoms with E-state index in [1.54, 1.807) is 0 Å². The van der Waals surface area contributed by atoms with E-state index in [1.807, 2.05) is 0 Å². The molecule has 7 rings (SSSR count). The molecule has 31 heavy (non-hydrogen) atoms. The molecule has 12 atom stereocenters. The second-order valence-corrected chi connectivity index (χ2v) is 13.1. The first-order valence-corrected chi connectivity index (χ1v) is 13.1. The van der Waals surface area contributed by atoms with Crippen LogP contribution >= 0.6 is 0 Å². The third-order valence-corrected chi connectivity index (χ3v) is 12.2. The molecular formula is C26H40O5. The van der Waals surface area contributed by atoms with Gasteiger partial charge in [-0.05, 0) is 97.2 Å². The van der Waals surface area contributed by atoms with Crippen molar-refractivity contribution in [1.29, 1.82) is 0 Å². The van der Waals surface area contributed by atoms with Crippen LogP contribution in [0.4, 0.5) is 0 Å². The molecule has 6 aliphatic carbocycles. The normalized spacial score (nSPS) is 64.2. The molecule has 7 fully saturated rings. The second kappa shape index (κ2) is 6.07. The first-order chi connectivity index (χ1) is 14.7. The number of fused-ring (bicyclic) bond motifs is 10. The molecule has 5 nitrogen and oxygen atoms in total. The minimum absolute atomic E-state index is 0.0203. The Kier molecular flexibility index (Phi) is 3.96. The van der Waals surface area contributed by atoms with E-state index >= 15 is 0 Å². The first kappa shape index (κ1) is 20.2. The van der Waals surface area contributed by atoms with Crippen LogP contribution in [0, 0.1) is 52.3 Å². The van der Waals surface area contributed by atoms with Crippen molar-refractivity contribution in [2.24, 2.45) is 52.3 Å². The molecule has 174 valence electrons. The third-order valence-electron chi connectivity index (χ3n) is 12.2. The highest BCUT2D eigenvalue weighted by atomic mass is 16.7. The second-order valence-electron chi connectivity index (χ2n) is 13.1. The molecule has 0 spiro atoms. The zero-order chi connectivity index (χ0) is 21.4. The van der Waals surface area contributed by atoms with Gasteiger partial charge in [0.15, 0.2) is 6.29 Å². The predicted octanol–water partition coefficient (Wildman–Crippen LogP) is 3.10. The van der Waals surface area contributed by atoms with Crippen LogP contribution in [-0.2, 0) is 9.47 Å². The van der Waals surface area contributed by atoms with Crippen LogP contribution in [-0.4, -0.2) is 52.1 Å². The number of hydrogen-bond donors (Lipinski definition) is 3. The Balaban J connectivity index is 1.21. The lowest BCUT2D eigenvalue weighted by molar-refractivity contribution is -0.238. The van der Waals surface area contributed by atoms with Crippen molar-refractivity contribution >= 4 is 0 Å². The van der Waals surface area contributed by atoms with Gasteiger partial charge in [0, 0.05) is 12.8 Å². The summed E-state index contributed by atoms with van der Waals surface area (Å²) in [7, 11) is 0. The van der Waals surface area contributed by atoms with E-state index in [0.717, 1.165) is 44.9 Å². The summed E-state index contributed by atoms with van der Waals surface area (Å²) in [5.74, 6) is 3.85.